The molecule has 0 radical (unpaired) electrons. The van der Waals surface area contributed by atoms with Crippen molar-refractivity contribution >= 4 is 33.1 Å². The first-order valence-corrected chi connectivity index (χ1v) is 5.13. The summed E-state index contributed by atoms with van der Waals surface area (Å²) >= 11 is 3.37. The molecule has 0 spiro atoms. The number of pyridine rings is 1. The Hall–Kier alpha value is -1.42. The van der Waals surface area contributed by atoms with Gasteiger partial charge in [0.15, 0.2) is 6.29 Å². The average Bonchev–Trinajstić information content (AvgIpc) is 2.27. The third kappa shape index (κ3) is 1.72. The van der Waals surface area contributed by atoms with E-state index in [1.807, 2.05) is 18.2 Å². The normalized spacial score (nSPS) is 10.3. The summed E-state index contributed by atoms with van der Waals surface area (Å²) < 4.78 is 6.14. The van der Waals surface area contributed by atoms with E-state index in [4.69, 9.17) is 4.74 Å². The summed E-state index contributed by atoms with van der Waals surface area (Å²) in [4.78, 5) is 15.0. The Morgan fingerprint density at radius 2 is 2.27 bits per heavy atom. The number of ether oxygens (including phenoxy) is 1. The molecule has 1 aromatic carbocycles. The molecular weight excluding hydrogens is 258 g/mol. The predicted molar refractivity (Wildman–Crippen MR) is 61.4 cm³/mol. The highest BCUT2D eigenvalue weighted by Gasteiger charge is 2.08. The summed E-state index contributed by atoms with van der Waals surface area (Å²) in [6, 6.07) is 5.65. The second-order valence-corrected chi connectivity index (χ2v) is 3.94. The van der Waals surface area contributed by atoms with Crippen molar-refractivity contribution in [2.75, 3.05) is 7.11 Å². The van der Waals surface area contributed by atoms with Crippen LogP contribution in [0.4, 0.5) is 0 Å². The van der Waals surface area contributed by atoms with Crippen molar-refractivity contribution in [1.29, 1.82) is 0 Å². The summed E-state index contributed by atoms with van der Waals surface area (Å²) in [7, 11) is 1.54. The van der Waals surface area contributed by atoms with Crippen LogP contribution in [0.25, 0.3) is 10.9 Å². The molecule has 0 atom stereocenters. The van der Waals surface area contributed by atoms with Gasteiger partial charge in [0, 0.05) is 16.1 Å². The van der Waals surface area contributed by atoms with E-state index in [1.165, 1.54) is 6.20 Å². The molecule has 0 saturated heterocycles. The minimum Gasteiger partial charge on any atom is -0.495 e. The number of rotatable bonds is 2. The molecular formula is C11H8BrNO2. The van der Waals surface area contributed by atoms with Gasteiger partial charge in [0.05, 0.1) is 18.2 Å². The van der Waals surface area contributed by atoms with Crippen LogP contribution in [0.3, 0.4) is 0 Å². The quantitative estimate of drug-likeness (QED) is 0.784. The van der Waals surface area contributed by atoms with Gasteiger partial charge in [0.25, 0.3) is 0 Å². The lowest BCUT2D eigenvalue weighted by molar-refractivity contribution is 0.112. The van der Waals surface area contributed by atoms with E-state index >= 15 is 0 Å². The van der Waals surface area contributed by atoms with Crippen molar-refractivity contribution < 1.29 is 9.53 Å². The van der Waals surface area contributed by atoms with Gasteiger partial charge in [-0.25, -0.2) is 0 Å². The number of aldehydes is 1. The van der Waals surface area contributed by atoms with E-state index in [1.54, 1.807) is 7.11 Å². The second kappa shape index (κ2) is 3.98. The molecule has 2 aromatic rings. The van der Waals surface area contributed by atoms with Crippen LogP contribution in [-0.4, -0.2) is 18.4 Å². The smallest absolute Gasteiger partial charge is 0.155 e. The summed E-state index contributed by atoms with van der Waals surface area (Å²) in [5.74, 6) is 0.566. The minimum absolute atomic E-state index is 0.461. The lowest BCUT2D eigenvalue weighted by Crippen LogP contribution is -1.93. The molecule has 0 amide bonds. The van der Waals surface area contributed by atoms with E-state index in [2.05, 4.69) is 20.9 Å². The van der Waals surface area contributed by atoms with E-state index in [-0.39, 0.29) is 0 Å². The SMILES string of the molecule is COc1c(C=O)cnc2ccc(Br)cc12. The van der Waals surface area contributed by atoms with Gasteiger partial charge in [0.2, 0.25) is 0 Å². The molecule has 0 fully saturated rings. The van der Waals surface area contributed by atoms with Crippen LogP contribution in [0.15, 0.2) is 28.9 Å². The number of hydrogen-bond donors (Lipinski definition) is 0. The highest BCUT2D eigenvalue weighted by Crippen LogP contribution is 2.29. The lowest BCUT2D eigenvalue weighted by atomic mass is 10.1. The minimum atomic E-state index is 0.461. The van der Waals surface area contributed by atoms with Crippen molar-refractivity contribution in [3.05, 3.63) is 34.4 Å². The Morgan fingerprint density at radius 3 is 2.93 bits per heavy atom. The maximum absolute atomic E-state index is 10.8. The fourth-order valence-electron chi connectivity index (χ4n) is 1.47. The number of benzene rings is 1. The highest BCUT2D eigenvalue weighted by molar-refractivity contribution is 9.10. The number of aromatic nitrogens is 1. The highest BCUT2D eigenvalue weighted by atomic mass is 79.9. The third-order valence-corrected chi connectivity index (χ3v) is 2.63. The summed E-state index contributed by atoms with van der Waals surface area (Å²) in [5, 5.41) is 0.830. The van der Waals surface area contributed by atoms with Crippen molar-refractivity contribution in [3.63, 3.8) is 0 Å². The number of methoxy groups -OCH3 is 1. The largest absolute Gasteiger partial charge is 0.495 e. The maximum Gasteiger partial charge on any atom is 0.155 e. The first kappa shape index (κ1) is 10.1. The van der Waals surface area contributed by atoms with Gasteiger partial charge in [-0.15, -0.1) is 0 Å². The molecule has 0 aliphatic rings. The Morgan fingerprint density at radius 1 is 1.47 bits per heavy atom. The number of nitrogens with zero attached hydrogens (tertiary/aromatic N) is 1. The fourth-order valence-corrected chi connectivity index (χ4v) is 1.83. The number of hydrogen-bond acceptors (Lipinski definition) is 3. The van der Waals surface area contributed by atoms with Crippen molar-refractivity contribution in [2.24, 2.45) is 0 Å². The third-order valence-electron chi connectivity index (χ3n) is 2.14. The molecule has 0 bridgehead atoms. The average molecular weight is 266 g/mol. The van der Waals surface area contributed by atoms with Gasteiger partial charge < -0.3 is 4.74 Å². The molecule has 0 N–H and O–H groups in total. The maximum atomic E-state index is 10.8. The van der Waals surface area contributed by atoms with E-state index in [0.717, 1.165) is 21.7 Å². The molecule has 1 aromatic heterocycles. The topological polar surface area (TPSA) is 39.2 Å². The first-order valence-electron chi connectivity index (χ1n) is 4.33. The van der Waals surface area contributed by atoms with Crippen LogP contribution in [0.1, 0.15) is 10.4 Å². The zero-order chi connectivity index (χ0) is 10.8. The molecule has 0 saturated carbocycles. The Balaban J connectivity index is 2.84. The van der Waals surface area contributed by atoms with Gasteiger partial charge in [0.1, 0.15) is 5.75 Å². The molecule has 15 heavy (non-hydrogen) atoms. The Kier molecular flexibility index (Phi) is 2.68. The van der Waals surface area contributed by atoms with E-state index < -0.39 is 0 Å². The zero-order valence-electron chi connectivity index (χ0n) is 8.03. The Bertz CT molecular complexity index is 525. The molecule has 0 aliphatic carbocycles. The van der Waals surface area contributed by atoms with Crippen molar-refractivity contribution in [3.8, 4) is 5.75 Å². The van der Waals surface area contributed by atoms with Crippen LogP contribution < -0.4 is 4.74 Å². The van der Waals surface area contributed by atoms with Crippen LogP contribution in [0, 0.1) is 0 Å². The van der Waals surface area contributed by atoms with E-state index in [0.29, 0.717) is 11.3 Å². The molecule has 3 nitrogen and oxygen atoms in total. The van der Waals surface area contributed by atoms with Gasteiger partial charge in [-0.2, -0.15) is 0 Å². The first-order chi connectivity index (χ1) is 7.26. The van der Waals surface area contributed by atoms with Gasteiger partial charge in [-0.05, 0) is 18.2 Å². The molecule has 1 heterocycles. The number of fused-ring (bicyclic) bond motifs is 1. The van der Waals surface area contributed by atoms with Crippen LogP contribution in [-0.2, 0) is 0 Å². The summed E-state index contributed by atoms with van der Waals surface area (Å²) in [6.45, 7) is 0. The van der Waals surface area contributed by atoms with E-state index in [9.17, 15) is 4.79 Å². The van der Waals surface area contributed by atoms with Gasteiger partial charge in [-0.3, -0.25) is 9.78 Å². The van der Waals surface area contributed by atoms with Crippen molar-refractivity contribution in [2.45, 2.75) is 0 Å². The van der Waals surface area contributed by atoms with Gasteiger partial charge >= 0.3 is 0 Å². The lowest BCUT2D eigenvalue weighted by Gasteiger charge is -2.07. The van der Waals surface area contributed by atoms with Crippen LogP contribution in [0.2, 0.25) is 0 Å². The number of carbonyl (C=O) groups excluding carboxylic acids is 1. The number of halogens is 1. The van der Waals surface area contributed by atoms with Gasteiger partial charge in [-0.1, -0.05) is 15.9 Å². The summed E-state index contributed by atoms with van der Waals surface area (Å²) in [6.07, 6.45) is 2.26. The number of carbonyl (C=O) groups is 1. The van der Waals surface area contributed by atoms with Crippen LogP contribution in [0.5, 0.6) is 5.75 Å². The molecule has 76 valence electrons. The second-order valence-electron chi connectivity index (χ2n) is 3.03. The monoisotopic (exact) mass is 265 g/mol. The molecule has 0 unspecified atom stereocenters. The predicted octanol–water partition coefficient (Wildman–Crippen LogP) is 2.82. The molecule has 2 rings (SSSR count). The zero-order valence-corrected chi connectivity index (χ0v) is 9.61. The molecule has 0 aliphatic heterocycles. The Labute approximate surface area is 95.2 Å². The summed E-state index contributed by atoms with van der Waals surface area (Å²) in [5.41, 5.74) is 1.27. The van der Waals surface area contributed by atoms with Crippen LogP contribution >= 0.6 is 15.9 Å². The fraction of sp³-hybridized carbons (Fsp3) is 0.0909. The van der Waals surface area contributed by atoms with Crippen molar-refractivity contribution in [1.82, 2.24) is 4.98 Å². The standard InChI is InChI=1S/C11H8BrNO2/c1-15-11-7(6-14)5-13-10-3-2-8(12)4-9(10)11/h2-6H,1H3. The molecule has 4 heteroatoms.